The molecule has 400 valence electrons. The Morgan fingerprint density at radius 2 is 0.551 bits per heavy atom. The number of hydrogen-bond acceptors (Lipinski definition) is 7. The lowest BCUT2D eigenvalue weighted by Gasteiger charge is -2.28. The van der Waals surface area contributed by atoms with E-state index >= 15 is 0 Å². The number of aromatic hydroxyl groups is 1. The number of carbonyl (C=O) groups is 3. The molecule has 0 aromatic heterocycles. The van der Waals surface area contributed by atoms with Crippen LogP contribution in [-0.2, 0) is 61.7 Å². The number of esters is 3. The molecule has 0 spiro atoms. The van der Waals surface area contributed by atoms with E-state index in [0.717, 1.165) is 38.9 Å². The highest BCUT2D eigenvalue weighted by Gasteiger charge is 2.30. The van der Waals surface area contributed by atoms with Gasteiger partial charge in [-0.2, -0.15) is 0 Å². The largest absolute Gasteiger partial charge is 0.507 e. The lowest BCUT2D eigenvalue weighted by atomic mass is 9.79. The quantitative estimate of drug-likeness (QED) is 0.0873. The Morgan fingerprint density at radius 1 is 0.346 bits per heavy atom. The Labute approximate surface area is 462 Å². The molecule has 7 aromatic rings. The van der Waals surface area contributed by atoms with Crippen LogP contribution in [0.1, 0.15) is 167 Å². The molecule has 7 heteroatoms. The number of phenols is 1. The monoisotopic (exact) mass is 1040 g/mol. The molecule has 0 unspecified atom stereocenters. The fourth-order valence-corrected chi connectivity index (χ4v) is 9.62. The van der Waals surface area contributed by atoms with Crippen molar-refractivity contribution in [2.75, 3.05) is 0 Å². The second-order valence-electron chi connectivity index (χ2n) is 24.7. The third-order valence-electron chi connectivity index (χ3n) is 14.2. The van der Waals surface area contributed by atoms with E-state index in [1.807, 2.05) is 91.0 Å². The molecule has 0 aliphatic heterocycles. The summed E-state index contributed by atoms with van der Waals surface area (Å²) >= 11 is 0. The van der Waals surface area contributed by atoms with Crippen LogP contribution in [-0.4, -0.2) is 23.0 Å². The van der Waals surface area contributed by atoms with E-state index in [1.165, 1.54) is 18.2 Å². The summed E-state index contributed by atoms with van der Waals surface area (Å²) in [5.41, 5.74) is 10.5. The highest BCUT2D eigenvalue weighted by molar-refractivity contribution is 5.91. The molecule has 8 bridgehead atoms. The first kappa shape index (κ1) is 56.2. The number of fused-ring (bicyclic) bond motifs is 8. The van der Waals surface area contributed by atoms with Gasteiger partial charge in [0.1, 0.15) is 23.0 Å². The molecule has 1 aliphatic rings. The maximum absolute atomic E-state index is 14.4. The van der Waals surface area contributed by atoms with Crippen molar-refractivity contribution in [3.8, 4) is 23.0 Å². The van der Waals surface area contributed by atoms with E-state index < -0.39 is 23.3 Å². The Balaban J connectivity index is 1.45. The predicted molar refractivity (Wildman–Crippen MR) is 317 cm³/mol. The van der Waals surface area contributed by atoms with E-state index in [2.05, 4.69) is 132 Å². The minimum absolute atomic E-state index is 0.0980. The van der Waals surface area contributed by atoms with Gasteiger partial charge in [0.15, 0.2) is 0 Å². The Morgan fingerprint density at radius 3 is 0.769 bits per heavy atom. The molecule has 0 amide bonds. The van der Waals surface area contributed by atoms with Crippen molar-refractivity contribution in [3.63, 3.8) is 0 Å². The average Bonchev–Trinajstić information content (AvgIpc) is 3.39. The van der Waals surface area contributed by atoms with Gasteiger partial charge in [0.2, 0.25) is 0 Å². The van der Waals surface area contributed by atoms with Crippen LogP contribution in [0, 0.1) is 0 Å². The molecule has 78 heavy (non-hydrogen) atoms. The summed E-state index contributed by atoms with van der Waals surface area (Å²) in [5.74, 6) is -0.536. The van der Waals surface area contributed by atoms with Crippen molar-refractivity contribution in [2.24, 2.45) is 0 Å². The first-order valence-corrected chi connectivity index (χ1v) is 27.0. The minimum atomic E-state index is -0.577. The Hall–Kier alpha value is -8.03. The molecule has 0 heterocycles. The summed E-state index contributed by atoms with van der Waals surface area (Å²) in [7, 11) is 0. The van der Waals surface area contributed by atoms with Crippen LogP contribution in [0.2, 0.25) is 0 Å². The van der Waals surface area contributed by atoms with Crippen molar-refractivity contribution >= 4 is 36.1 Å². The normalized spacial score (nSPS) is 13.2. The van der Waals surface area contributed by atoms with Crippen LogP contribution in [0.15, 0.2) is 158 Å². The van der Waals surface area contributed by atoms with Gasteiger partial charge < -0.3 is 19.3 Å². The smallest absolute Gasteiger partial charge is 0.336 e. The van der Waals surface area contributed by atoms with Crippen molar-refractivity contribution in [1.82, 2.24) is 0 Å². The third kappa shape index (κ3) is 14.1. The molecule has 1 aliphatic carbocycles. The molecule has 0 radical (unpaired) electrons. The first-order chi connectivity index (χ1) is 36.8. The van der Waals surface area contributed by atoms with Gasteiger partial charge >= 0.3 is 17.9 Å². The van der Waals surface area contributed by atoms with E-state index in [-0.39, 0.29) is 47.7 Å². The topological polar surface area (TPSA) is 99.1 Å². The Bertz CT molecular complexity index is 3260. The van der Waals surface area contributed by atoms with Crippen LogP contribution < -0.4 is 14.2 Å². The molecular formula is C71H74O7. The van der Waals surface area contributed by atoms with E-state index in [1.54, 1.807) is 18.2 Å². The van der Waals surface area contributed by atoms with E-state index in [4.69, 9.17) is 14.2 Å². The van der Waals surface area contributed by atoms with Gasteiger partial charge in [-0.25, -0.2) is 14.4 Å². The molecular weight excluding hydrogens is 965 g/mol. The van der Waals surface area contributed by atoms with Crippen LogP contribution in [0.4, 0.5) is 0 Å². The molecule has 0 saturated heterocycles. The number of hydrogen-bond donors (Lipinski definition) is 1. The Kier molecular flexibility index (Phi) is 16.5. The van der Waals surface area contributed by atoms with E-state index in [0.29, 0.717) is 61.8 Å². The molecule has 0 saturated carbocycles. The van der Waals surface area contributed by atoms with Gasteiger partial charge in [0.05, 0.1) is 0 Å². The van der Waals surface area contributed by atoms with Crippen molar-refractivity contribution < 1.29 is 33.7 Å². The zero-order valence-corrected chi connectivity index (χ0v) is 47.5. The van der Waals surface area contributed by atoms with Crippen LogP contribution >= 0.6 is 0 Å². The summed E-state index contributed by atoms with van der Waals surface area (Å²) < 4.78 is 19.9. The zero-order chi connectivity index (χ0) is 56.2. The summed E-state index contributed by atoms with van der Waals surface area (Å²) in [5, 5.41) is 12.8. The zero-order valence-electron chi connectivity index (χ0n) is 47.5. The van der Waals surface area contributed by atoms with Crippen molar-refractivity contribution in [3.05, 3.63) is 241 Å². The number of ether oxygens (including phenoxy) is 3. The molecule has 7 nitrogen and oxygen atoms in total. The van der Waals surface area contributed by atoms with Gasteiger partial charge in [0, 0.05) is 77.3 Å². The van der Waals surface area contributed by atoms with Gasteiger partial charge in [-0.3, -0.25) is 0 Å². The van der Waals surface area contributed by atoms with Crippen LogP contribution in [0.25, 0.3) is 18.2 Å². The van der Waals surface area contributed by atoms with Gasteiger partial charge in [-0.1, -0.05) is 223 Å². The minimum Gasteiger partial charge on any atom is -0.507 e. The summed E-state index contributed by atoms with van der Waals surface area (Å²) in [4.78, 5) is 43.0. The second-order valence-corrected chi connectivity index (χ2v) is 24.7. The van der Waals surface area contributed by atoms with Crippen LogP contribution in [0.5, 0.6) is 23.0 Å². The van der Waals surface area contributed by atoms with Gasteiger partial charge in [-0.15, -0.1) is 0 Å². The highest BCUT2D eigenvalue weighted by Crippen LogP contribution is 2.44. The third-order valence-corrected chi connectivity index (χ3v) is 14.2. The predicted octanol–water partition coefficient (Wildman–Crippen LogP) is 16.1. The number of rotatable bonds is 9. The average molecular weight is 1040 g/mol. The highest BCUT2D eigenvalue weighted by atomic mass is 16.5. The maximum Gasteiger partial charge on any atom is 0.336 e. The fourth-order valence-electron chi connectivity index (χ4n) is 9.62. The summed E-state index contributed by atoms with van der Waals surface area (Å²) in [6, 6.07) is 45.4. The molecule has 7 aromatic carbocycles. The lowest BCUT2D eigenvalue weighted by Crippen LogP contribution is -2.18. The summed E-state index contributed by atoms with van der Waals surface area (Å²) in [6.45, 7) is 25.8. The number of phenolic OH excluding ortho intramolecular Hbond substituents is 1. The SMILES string of the molecule is CC(C)(C)c1cc2c(O)c(c1)Cc1cc(C(C)(C)C)cc(c1OC(=O)/C=C\c1ccccc1)Cc1cc(C(C)(C)C)cc(c1OC(=O)/C=C/c1ccccc1)Cc1cc(C(C)(C)C)cc(c1OC(=O)C=Cc1ccccc1)C2. The number of benzene rings is 7. The molecule has 0 fully saturated rings. The van der Waals surface area contributed by atoms with Crippen molar-refractivity contribution in [1.29, 1.82) is 0 Å². The summed E-state index contributed by atoms with van der Waals surface area (Å²) in [6.07, 6.45) is 10.3. The first-order valence-electron chi connectivity index (χ1n) is 27.0. The van der Waals surface area contributed by atoms with E-state index in [9.17, 15) is 19.5 Å². The fraction of sp³-hybridized carbons (Fsp3) is 0.282. The standard InChI is InChI=1S/C71H74O7/c1-68(2,3)57-38-49-34-51-40-58(69(4,5)6)42-53(65(51)76-61(72)31-28-46-22-16-13-17-23-46)36-55-44-60(71(10,11)12)45-56(67(55)78-63(74)33-30-48-26-20-15-21-27-48)37-54-43-59(70(7,8)9)41-52(35-50(39-57)64(49)75)66(54)77-62(73)32-29-47-24-18-14-19-25-47/h13-33,38-45,75H,34-37H2,1-12H3/b31-28-,32-29?,33-30+. The second kappa shape index (κ2) is 22.9. The maximum atomic E-state index is 14.4. The van der Waals surface area contributed by atoms with Gasteiger partial charge in [0.25, 0.3) is 0 Å². The van der Waals surface area contributed by atoms with Crippen LogP contribution in [0.3, 0.4) is 0 Å². The van der Waals surface area contributed by atoms with Crippen molar-refractivity contribution in [2.45, 2.75) is 130 Å². The van der Waals surface area contributed by atoms with Gasteiger partial charge in [-0.05, 0) is 90.0 Å². The molecule has 1 N–H and O–H groups in total. The lowest BCUT2D eigenvalue weighted by molar-refractivity contribution is -0.129. The molecule has 8 rings (SSSR count). The number of carbonyl (C=O) groups excluding carboxylic acids is 3. The molecule has 0 atom stereocenters.